The Morgan fingerprint density at radius 1 is 1.03 bits per heavy atom. The third-order valence-corrected chi connectivity index (χ3v) is 8.20. The molecule has 1 aliphatic rings. The van der Waals surface area contributed by atoms with Gasteiger partial charge in [-0.15, -0.1) is 0 Å². The lowest BCUT2D eigenvalue weighted by molar-refractivity contribution is -0.140. The van der Waals surface area contributed by atoms with Gasteiger partial charge in [-0.2, -0.15) is 0 Å². The molecule has 1 N–H and O–H groups in total. The van der Waals surface area contributed by atoms with Crippen LogP contribution >= 0.6 is 0 Å². The second kappa shape index (κ2) is 12.5. The van der Waals surface area contributed by atoms with E-state index in [1.807, 2.05) is 26.8 Å². The predicted octanol–water partition coefficient (Wildman–Crippen LogP) is 4.46. The van der Waals surface area contributed by atoms with Crippen LogP contribution in [0.4, 0.5) is 10.1 Å². The number of hydrogen-bond donors (Lipinski definition) is 1. The maximum absolute atomic E-state index is 13.8. The van der Waals surface area contributed by atoms with Crippen molar-refractivity contribution in [3.8, 4) is 0 Å². The van der Waals surface area contributed by atoms with Crippen molar-refractivity contribution in [2.45, 2.75) is 77.9 Å². The molecule has 0 bridgehead atoms. The summed E-state index contributed by atoms with van der Waals surface area (Å²) in [6.07, 6.45) is 6.49. The average molecular weight is 532 g/mol. The van der Waals surface area contributed by atoms with Gasteiger partial charge in [0.1, 0.15) is 18.4 Å². The molecule has 0 unspecified atom stereocenters. The molecule has 1 saturated carbocycles. The SMILES string of the molecule is CC[C@H](C(=O)NC1CCCCC1)N(Cc1ccc(F)cc1)C(=O)CN(c1ccc(C)c(C)c1)S(C)(=O)=O. The molecule has 0 heterocycles. The van der Waals surface area contributed by atoms with E-state index in [1.165, 1.54) is 17.0 Å². The van der Waals surface area contributed by atoms with Crippen LogP contribution in [0.15, 0.2) is 42.5 Å². The molecular formula is C28H38FN3O4S. The fraction of sp³-hybridized carbons (Fsp3) is 0.500. The molecule has 3 rings (SSSR count). The molecule has 0 aromatic heterocycles. The number of nitrogens with one attached hydrogen (secondary N) is 1. The van der Waals surface area contributed by atoms with Gasteiger partial charge < -0.3 is 10.2 Å². The molecule has 1 aliphatic carbocycles. The van der Waals surface area contributed by atoms with Gasteiger partial charge in [-0.3, -0.25) is 13.9 Å². The van der Waals surface area contributed by atoms with E-state index in [-0.39, 0.29) is 18.5 Å². The Labute approximate surface area is 220 Å². The smallest absolute Gasteiger partial charge is 0.244 e. The lowest BCUT2D eigenvalue weighted by Crippen LogP contribution is -2.53. The van der Waals surface area contributed by atoms with Crippen LogP contribution in [0.5, 0.6) is 0 Å². The highest BCUT2D eigenvalue weighted by Crippen LogP contribution is 2.23. The molecule has 37 heavy (non-hydrogen) atoms. The first kappa shape index (κ1) is 28.6. The Morgan fingerprint density at radius 2 is 1.68 bits per heavy atom. The number of hydrogen-bond acceptors (Lipinski definition) is 4. The summed E-state index contributed by atoms with van der Waals surface area (Å²) in [6, 6.07) is 10.3. The van der Waals surface area contributed by atoms with E-state index in [4.69, 9.17) is 0 Å². The minimum Gasteiger partial charge on any atom is -0.352 e. The molecule has 2 aromatic rings. The van der Waals surface area contributed by atoms with Gasteiger partial charge in [-0.25, -0.2) is 12.8 Å². The van der Waals surface area contributed by atoms with E-state index in [0.717, 1.165) is 53.8 Å². The second-order valence-electron chi connectivity index (χ2n) is 9.95. The number of amides is 2. The maximum Gasteiger partial charge on any atom is 0.244 e. The molecule has 1 atom stereocenters. The summed E-state index contributed by atoms with van der Waals surface area (Å²) in [5.41, 5.74) is 2.95. The first-order chi connectivity index (χ1) is 17.5. The monoisotopic (exact) mass is 531 g/mol. The van der Waals surface area contributed by atoms with Gasteiger partial charge in [0, 0.05) is 12.6 Å². The van der Waals surface area contributed by atoms with Gasteiger partial charge in [0.25, 0.3) is 0 Å². The van der Waals surface area contributed by atoms with Crippen molar-refractivity contribution >= 4 is 27.5 Å². The van der Waals surface area contributed by atoms with Crippen LogP contribution in [0.2, 0.25) is 0 Å². The number of benzene rings is 2. The number of sulfonamides is 1. The average Bonchev–Trinajstić information content (AvgIpc) is 2.85. The normalized spacial score (nSPS) is 15.2. The molecule has 0 aliphatic heterocycles. The van der Waals surface area contributed by atoms with Crippen LogP contribution in [-0.2, 0) is 26.2 Å². The van der Waals surface area contributed by atoms with Crippen LogP contribution in [0.25, 0.3) is 0 Å². The highest BCUT2D eigenvalue weighted by Gasteiger charge is 2.32. The Balaban J connectivity index is 1.92. The van der Waals surface area contributed by atoms with E-state index in [2.05, 4.69) is 5.32 Å². The third kappa shape index (κ3) is 7.77. The summed E-state index contributed by atoms with van der Waals surface area (Å²) < 4.78 is 40.1. The predicted molar refractivity (Wildman–Crippen MR) is 144 cm³/mol. The summed E-state index contributed by atoms with van der Waals surface area (Å²) in [5, 5.41) is 3.10. The highest BCUT2D eigenvalue weighted by atomic mass is 32.2. The topological polar surface area (TPSA) is 86.8 Å². The number of carbonyl (C=O) groups is 2. The molecule has 9 heteroatoms. The van der Waals surface area contributed by atoms with Crippen LogP contribution < -0.4 is 9.62 Å². The minimum absolute atomic E-state index is 0.0558. The number of anilines is 1. The summed E-state index contributed by atoms with van der Waals surface area (Å²) in [4.78, 5) is 28.6. The first-order valence-corrected chi connectivity index (χ1v) is 14.7. The van der Waals surface area contributed by atoms with Crippen molar-refractivity contribution in [1.29, 1.82) is 0 Å². The van der Waals surface area contributed by atoms with Crippen molar-refractivity contribution in [1.82, 2.24) is 10.2 Å². The number of aryl methyl sites for hydroxylation is 2. The fourth-order valence-electron chi connectivity index (χ4n) is 4.74. The molecule has 2 amide bonds. The molecule has 2 aromatic carbocycles. The Hall–Kier alpha value is -2.94. The van der Waals surface area contributed by atoms with Gasteiger partial charge in [0.05, 0.1) is 11.9 Å². The Morgan fingerprint density at radius 3 is 2.24 bits per heavy atom. The van der Waals surface area contributed by atoms with Crippen molar-refractivity contribution in [3.05, 3.63) is 65.0 Å². The van der Waals surface area contributed by atoms with Crippen molar-refractivity contribution in [2.75, 3.05) is 17.1 Å². The van der Waals surface area contributed by atoms with E-state index < -0.39 is 34.3 Å². The van der Waals surface area contributed by atoms with Crippen LogP contribution in [0, 0.1) is 19.7 Å². The second-order valence-corrected chi connectivity index (χ2v) is 11.9. The van der Waals surface area contributed by atoms with Gasteiger partial charge in [0.15, 0.2) is 0 Å². The number of halogens is 1. The largest absolute Gasteiger partial charge is 0.352 e. The quantitative estimate of drug-likeness (QED) is 0.490. The molecule has 0 saturated heterocycles. The van der Waals surface area contributed by atoms with Gasteiger partial charge in [-0.05, 0) is 74.1 Å². The molecule has 1 fully saturated rings. The van der Waals surface area contributed by atoms with E-state index in [9.17, 15) is 22.4 Å². The fourth-order valence-corrected chi connectivity index (χ4v) is 5.59. The molecule has 0 radical (unpaired) electrons. The standard InChI is InChI=1S/C28H38FN3O4S/c1-5-26(28(34)30-24-9-7-6-8-10-24)31(18-22-12-14-23(29)15-13-22)27(33)19-32(37(4,35)36)25-16-11-20(2)21(3)17-25/h11-17,24,26H,5-10,18-19H2,1-4H3,(H,30,34)/t26-/m1/s1. The summed E-state index contributed by atoms with van der Waals surface area (Å²) in [5.74, 6) is -1.15. The van der Waals surface area contributed by atoms with Crippen molar-refractivity contribution in [2.24, 2.45) is 0 Å². The number of carbonyl (C=O) groups excluding carboxylic acids is 2. The first-order valence-electron chi connectivity index (χ1n) is 12.9. The molecule has 7 nitrogen and oxygen atoms in total. The van der Waals surface area contributed by atoms with Gasteiger partial charge >= 0.3 is 0 Å². The van der Waals surface area contributed by atoms with Crippen LogP contribution in [-0.4, -0.2) is 50.0 Å². The minimum atomic E-state index is -3.79. The lowest BCUT2D eigenvalue weighted by Gasteiger charge is -2.34. The molecule has 0 spiro atoms. The van der Waals surface area contributed by atoms with Gasteiger partial charge in [0.2, 0.25) is 21.8 Å². The zero-order valence-corrected chi connectivity index (χ0v) is 23.0. The lowest BCUT2D eigenvalue weighted by atomic mass is 9.95. The van der Waals surface area contributed by atoms with Crippen molar-refractivity contribution < 1.29 is 22.4 Å². The van der Waals surface area contributed by atoms with E-state index in [1.54, 1.807) is 24.3 Å². The van der Waals surface area contributed by atoms with Crippen molar-refractivity contribution in [3.63, 3.8) is 0 Å². The molecular weight excluding hydrogens is 493 g/mol. The number of rotatable bonds is 10. The summed E-state index contributed by atoms with van der Waals surface area (Å²) in [6.45, 7) is 5.24. The molecule has 202 valence electrons. The summed E-state index contributed by atoms with van der Waals surface area (Å²) in [7, 11) is -3.79. The Kier molecular flexibility index (Phi) is 9.70. The maximum atomic E-state index is 13.8. The zero-order valence-electron chi connectivity index (χ0n) is 22.2. The highest BCUT2D eigenvalue weighted by molar-refractivity contribution is 7.92. The van der Waals surface area contributed by atoms with E-state index in [0.29, 0.717) is 17.7 Å². The number of nitrogens with zero attached hydrogens (tertiary/aromatic N) is 2. The van der Waals surface area contributed by atoms with Crippen LogP contribution in [0.3, 0.4) is 0 Å². The van der Waals surface area contributed by atoms with Crippen LogP contribution in [0.1, 0.15) is 62.1 Å². The summed E-state index contributed by atoms with van der Waals surface area (Å²) >= 11 is 0. The van der Waals surface area contributed by atoms with E-state index >= 15 is 0 Å². The zero-order chi connectivity index (χ0) is 27.2. The van der Waals surface area contributed by atoms with Gasteiger partial charge in [-0.1, -0.05) is 44.4 Å². The Bertz CT molecular complexity index is 1190. The third-order valence-electron chi connectivity index (χ3n) is 7.06.